The van der Waals surface area contributed by atoms with Crippen molar-refractivity contribution >= 4 is 56.1 Å². The van der Waals surface area contributed by atoms with Gasteiger partial charge in [0, 0.05) is 28.2 Å². The summed E-state index contributed by atoms with van der Waals surface area (Å²) in [5.74, 6) is 0. The molecular formula is C24H27NSSi. The Morgan fingerprint density at radius 2 is 1.44 bits per heavy atom. The number of hydrogen-bond donors (Lipinski definition) is 0. The Hall–Kier alpha value is -2.10. The molecule has 0 aliphatic rings. The van der Waals surface area contributed by atoms with E-state index >= 15 is 0 Å². The molecule has 0 fully saturated rings. The fourth-order valence-corrected chi connectivity index (χ4v) is 7.72. The van der Waals surface area contributed by atoms with Gasteiger partial charge in [-0.3, -0.25) is 0 Å². The second kappa shape index (κ2) is 6.50. The monoisotopic (exact) mass is 389 g/mol. The van der Waals surface area contributed by atoms with Gasteiger partial charge in [0.1, 0.15) is 0 Å². The topological polar surface area (TPSA) is 3.24 Å². The maximum Gasteiger partial charge on any atom is 0.0794 e. The summed E-state index contributed by atoms with van der Waals surface area (Å²) >= 11 is 1.97. The van der Waals surface area contributed by atoms with E-state index in [0.29, 0.717) is 0 Å². The molecule has 0 aliphatic heterocycles. The lowest BCUT2D eigenvalue weighted by Gasteiger charge is -2.22. The molecule has 4 aromatic rings. The maximum absolute atomic E-state index is 2.44. The first-order chi connectivity index (χ1) is 12.8. The van der Waals surface area contributed by atoms with Crippen molar-refractivity contribution < 1.29 is 0 Å². The van der Waals surface area contributed by atoms with E-state index in [1.54, 1.807) is 5.19 Å². The molecule has 1 heterocycles. The summed E-state index contributed by atoms with van der Waals surface area (Å²) in [6.45, 7) is 11.7. The van der Waals surface area contributed by atoms with Crippen LogP contribution in [-0.2, 0) is 0 Å². The van der Waals surface area contributed by atoms with E-state index in [9.17, 15) is 0 Å². The Morgan fingerprint density at radius 3 is 2.11 bits per heavy atom. The average molecular weight is 390 g/mol. The molecule has 1 aromatic heterocycles. The van der Waals surface area contributed by atoms with Crippen LogP contribution in [0.2, 0.25) is 19.6 Å². The first kappa shape index (κ1) is 18.3. The maximum atomic E-state index is 2.44. The first-order valence-corrected chi connectivity index (χ1v) is 13.8. The highest BCUT2D eigenvalue weighted by molar-refractivity contribution is 7.28. The molecule has 1 nitrogen and oxygen atoms in total. The van der Waals surface area contributed by atoms with Crippen molar-refractivity contribution in [1.82, 2.24) is 0 Å². The molecule has 0 saturated heterocycles. The molecule has 27 heavy (non-hydrogen) atoms. The predicted octanol–water partition coefficient (Wildman–Crippen LogP) is 6.98. The number of thiophene rings is 1. The zero-order valence-electron chi connectivity index (χ0n) is 17.1. The summed E-state index contributed by atoms with van der Waals surface area (Å²) in [6, 6.07) is 20.3. The van der Waals surface area contributed by atoms with Crippen LogP contribution in [0.4, 0.5) is 11.4 Å². The lowest BCUT2D eigenvalue weighted by atomic mass is 10.1. The standard InChI is InChI=1S/C24H27NSSi/c1-16-13-14-20(17(2)15-16)25(3)21-11-7-9-18-19-10-8-12-22(27(4,5)6)24(19)26-23(18)21/h7-15H,1-6H3. The van der Waals surface area contributed by atoms with Crippen molar-refractivity contribution in [3.63, 3.8) is 0 Å². The number of aryl methyl sites for hydroxylation is 2. The van der Waals surface area contributed by atoms with Gasteiger partial charge in [0.2, 0.25) is 0 Å². The van der Waals surface area contributed by atoms with Gasteiger partial charge in [0.15, 0.2) is 0 Å². The van der Waals surface area contributed by atoms with Gasteiger partial charge in [-0.1, -0.05) is 67.7 Å². The van der Waals surface area contributed by atoms with Gasteiger partial charge in [-0.25, -0.2) is 0 Å². The molecule has 0 radical (unpaired) electrons. The molecule has 0 aliphatic carbocycles. The van der Waals surface area contributed by atoms with Gasteiger partial charge >= 0.3 is 0 Å². The third-order valence-corrected chi connectivity index (χ3v) is 8.88. The molecular weight excluding hydrogens is 362 g/mol. The Morgan fingerprint density at radius 1 is 0.778 bits per heavy atom. The van der Waals surface area contributed by atoms with Crippen LogP contribution in [0.25, 0.3) is 20.2 Å². The molecule has 0 bridgehead atoms. The third kappa shape index (κ3) is 3.09. The second-order valence-electron chi connectivity index (χ2n) is 8.54. The predicted molar refractivity (Wildman–Crippen MR) is 126 cm³/mol. The molecule has 0 unspecified atom stereocenters. The minimum atomic E-state index is -1.39. The smallest absolute Gasteiger partial charge is 0.0794 e. The van der Waals surface area contributed by atoms with Crippen molar-refractivity contribution in [2.75, 3.05) is 11.9 Å². The van der Waals surface area contributed by atoms with Crippen molar-refractivity contribution in [3.8, 4) is 0 Å². The van der Waals surface area contributed by atoms with Gasteiger partial charge < -0.3 is 4.90 Å². The minimum Gasteiger partial charge on any atom is -0.343 e. The SMILES string of the molecule is Cc1ccc(N(C)c2cccc3c2sc2c([Si](C)(C)C)cccc23)c(C)c1. The van der Waals surface area contributed by atoms with E-state index in [0.717, 1.165) is 0 Å². The Kier molecular flexibility index (Phi) is 4.40. The van der Waals surface area contributed by atoms with E-state index in [2.05, 4.69) is 100 Å². The minimum absolute atomic E-state index is 1.27. The van der Waals surface area contributed by atoms with Gasteiger partial charge in [-0.2, -0.15) is 0 Å². The quantitative estimate of drug-likeness (QED) is 0.341. The van der Waals surface area contributed by atoms with Crippen LogP contribution in [0.3, 0.4) is 0 Å². The molecule has 0 spiro atoms. The van der Waals surface area contributed by atoms with Gasteiger partial charge in [0.25, 0.3) is 0 Å². The van der Waals surface area contributed by atoms with Crippen LogP contribution in [0.5, 0.6) is 0 Å². The molecule has 3 aromatic carbocycles. The lowest BCUT2D eigenvalue weighted by Crippen LogP contribution is -2.37. The summed E-state index contributed by atoms with van der Waals surface area (Å²) in [7, 11) is 0.803. The molecule has 138 valence electrons. The summed E-state index contributed by atoms with van der Waals surface area (Å²) in [5, 5.41) is 4.36. The zero-order chi connectivity index (χ0) is 19.3. The van der Waals surface area contributed by atoms with E-state index in [1.165, 1.54) is 42.7 Å². The van der Waals surface area contributed by atoms with E-state index < -0.39 is 8.07 Å². The molecule has 3 heteroatoms. The highest BCUT2D eigenvalue weighted by Gasteiger charge is 2.22. The number of rotatable bonds is 3. The second-order valence-corrected chi connectivity index (χ2v) is 14.6. The average Bonchev–Trinajstić information content (AvgIpc) is 2.99. The summed E-state index contributed by atoms with van der Waals surface area (Å²) in [5.41, 5.74) is 5.20. The summed E-state index contributed by atoms with van der Waals surface area (Å²) in [4.78, 5) is 2.35. The summed E-state index contributed by atoms with van der Waals surface area (Å²) in [6.07, 6.45) is 0. The molecule has 0 atom stereocenters. The van der Waals surface area contributed by atoms with Crippen LogP contribution < -0.4 is 10.1 Å². The van der Waals surface area contributed by atoms with Gasteiger partial charge in [-0.05, 0) is 36.7 Å². The molecule has 0 amide bonds. The fraction of sp³-hybridized carbons (Fsp3) is 0.250. The van der Waals surface area contributed by atoms with Crippen LogP contribution >= 0.6 is 11.3 Å². The van der Waals surface area contributed by atoms with E-state index in [4.69, 9.17) is 0 Å². The zero-order valence-corrected chi connectivity index (χ0v) is 18.9. The van der Waals surface area contributed by atoms with Crippen LogP contribution in [0, 0.1) is 13.8 Å². The molecule has 0 N–H and O–H groups in total. The Bertz CT molecular complexity index is 1150. The highest BCUT2D eigenvalue weighted by atomic mass is 32.1. The molecule has 0 saturated carbocycles. The van der Waals surface area contributed by atoms with Gasteiger partial charge in [0.05, 0.1) is 18.5 Å². The van der Waals surface area contributed by atoms with Crippen molar-refractivity contribution in [2.45, 2.75) is 33.5 Å². The van der Waals surface area contributed by atoms with E-state index in [1.807, 2.05) is 11.3 Å². The van der Waals surface area contributed by atoms with Crippen LogP contribution in [0.1, 0.15) is 11.1 Å². The fourth-order valence-electron chi connectivity index (χ4n) is 3.97. The highest BCUT2D eigenvalue weighted by Crippen LogP contribution is 2.41. The van der Waals surface area contributed by atoms with Gasteiger partial charge in [-0.15, -0.1) is 11.3 Å². The van der Waals surface area contributed by atoms with E-state index in [-0.39, 0.29) is 0 Å². The van der Waals surface area contributed by atoms with Crippen molar-refractivity contribution in [1.29, 1.82) is 0 Å². The first-order valence-electron chi connectivity index (χ1n) is 9.53. The van der Waals surface area contributed by atoms with Crippen molar-refractivity contribution in [2.24, 2.45) is 0 Å². The number of nitrogens with zero attached hydrogens (tertiary/aromatic N) is 1. The van der Waals surface area contributed by atoms with Crippen molar-refractivity contribution in [3.05, 3.63) is 65.7 Å². The third-order valence-electron chi connectivity index (χ3n) is 5.39. The summed E-state index contributed by atoms with van der Waals surface area (Å²) < 4.78 is 2.87. The Balaban J connectivity index is 1.97. The Labute approximate surface area is 167 Å². The number of fused-ring (bicyclic) bond motifs is 3. The molecule has 4 rings (SSSR count). The van der Waals surface area contributed by atoms with Crippen LogP contribution in [-0.4, -0.2) is 15.1 Å². The largest absolute Gasteiger partial charge is 0.343 e. The normalized spacial score (nSPS) is 12.1. The number of anilines is 2. The lowest BCUT2D eigenvalue weighted by molar-refractivity contribution is 1.19. The number of hydrogen-bond acceptors (Lipinski definition) is 2. The number of benzene rings is 3. The van der Waals surface area contributed by atoms with Crippen LogP contribution in [0.15, 0.2) is 54.6 Å².